The van der Waals surface area contributed by atoms with Crippen molar-refractivity contribution >= 4 is 39.3 Å². The van der Waals surface area contributed by atoms with Gasteiger partial charge in [-0.3, -0.25) is 4.79 Å². The number of anilines is 1. The van der Waals surface area contributed by atoms with Crippen LogP contribution in [0.25, 0.3) is 0 Å². The number of hydrogen-bond acceptors (Lipinski definition) is 2. The van der Waals surface area contributed by atoms with Crippen molar-refractivity contribution < 1.29 is 4.79 Å². The summed E-state index contributed by atoms with van der Waals surface area (Å²) >= 11 is 5.07. The summed E-state index contributed by atoms with van der Waals surface area (Å²) in [4.78, 5) is 13.4. The van der Waals surface area contributed by atoms with Crippen LogP contribution in [-0.4, -0.2) is 11.7 Å². The first-order valence-electron chi connectivity index (χ1n) is 6.51. The van der Waals surface area contributed by atoms with Crippen LogP contribution in [0.3, 0.4) is 0 Å². The lowest BCUT2D eigenvalue weighted by molar-refractivity contribution is 0.102. The standard InChI is InChI=1S/C17H16BrNOS/c1-3-8-21-16-7-5-4-6-15(16)19-17(20)13-9-12(2)10-14(18)11-13/h3-7,9-11H,1,8H2,2H3,(H,19,20). The molecule has 2 aromatic rings. The molecule has 0 radical (unpaired) electrons. The van der Waals surface area contributed by atoms with Gasteiger partial charge in [0.05, 0.1) is 5.69 Å². The smallest absolute Gasteiger partial charge is 0.255 e. The number of carbonyl (C=O) groups excluding carboxylic acids is 1. The Kier molecular flexibility index (Phi) is 5.65. The molecule has 0 fully saturated rings. The number of carbonyl (C=O) groups is 1. The Morgan fingerprint density at radius 1 is 1.33 bits per heavy atom. The first kappa shape index (κ1) is 15.9. The Hall–Kier alpha value is -1.52. The van der Waals surface area contributed by atoms with Gasteiger partial charge in [0.15, 0.2) is 0 Å². The van der Waals surface area contributed by atoms with Gasteiger partial charge < -0.3 is 5.32 Å². The summed E-state index contributed by atoms with van der Waals surface area (Å²) in [6.45, 7) is 5.69. The molecule has 21 heavy (non-hydrogen) atoms. The van der Waals surface area contributed by atoms with Gasteiger partial charge in [-0.1, -0.05) is 34.1 Å². The molecule has 0 aliphatic heterocycles. The van der Waals surface area contributed by atoms with E-state index in [-0.39, 0.29) is 5.91 Å². The minimum atomic E-state index is -0.106. The van der Waals surface area contributed by atoms with E-state index in [1.165, 1.54) is 0 Å². The van der Waals surface area contributed by atoms with Crippen molar-refractivity contribution in [1.29, 1.82) is 0 Å². The monoisotopic (exact) mass is 361 g/mol. The van der Waals surface area contributed by atoms with Gasteiger partial charge >= 0.3 is 0 Å². The highest BCUT2D eigenvalue weighted by atomic mass is 79.9. The second-order valence-electron chi connectivity index (χ2n) is 4.57. The topological polar surface area (TPSA) is 29.1 Å². The van der Waals surface area contributed by atoms with Gasteiger partial charge in [0.1, 0.15) is 0 Å². The van der Waals surface area contributed by atoms with E-state index < -0.39 is 0 Å². The second kappa shape index (κ2) is 7.48. The van der Waals surface area contributed by atoms with Crippen LogP contribution in [0.2, 0.25) is 0 Å². The van der Waals surface area contributed by atoms with Gasteiger partial charge in [-0.05, 0) is 42.8 Å². The molecule has 0 aliphatic rings. The number of nitrogens with one attached hydrogen (secondary N) is 1. The Morgan fingerprint density at radius 3 is 2.81 bits per heavy atom. The van der Waals surface area contributed by atoms with Crippen LogP contribution in [-0.2, 0) is 0 Å². The fourth-order valence-electron chi connectivity index (χ4n) is 1.91. The van der Waals surface area contributed by atoms with Crippen LogP contribution in [0.1, 0.15) is 15.9 Å². The second-order valence-corrected chi connectivity index (χ2v) is 6.54. The van der Waals surface area contributed by atoms with Crippen molar-refractivity contribution in [1.82, 2.24) is 0 Å². The predicted octanol–water partition coefficient (Wildman–Crippen LogP) is 5.29. The molecule has 2 aromatic carbocycles. The van der Waals surface area contributed by atoms with Crippen molar-refractivity contribution in [2.24, 2.45) is 0 Å². The van der Waals surface area contributed by atoms with E-state index in [1.807, 2.05) is 55.5 Å². The summed E-state index contributed by atoms with van der Waals surface area (Å²) in [5, 5.41) is 2.98. The van der Waals surface area contributed by atoms with E-state index in [9.17, 15) is 4.79 Å². The third kappa shape index (κ3) is 4.48. The average molecular weight is 362 g/mol. The molecule has 0 unspecified atom stereocenters. The lowest BCUT2D eigenvalue weighted by Gasteiger charge is -2.10. The molecule has 0 atom stereocenters. The fraction of sp³-hybridized carbons (Fsp3) is 0.118. The lowest BCUT2D eigenvalue weighted by atomic mass is 10.1. The highest BCUT2D eigenvalue weighted by Gasteiger charge is 2.10. The predicted molar refractivity (Wildman–Crippen MR) is 94.2 cm³/mol. The number of halogens is 1. The largest absolute Gasteiger partial charge is 0.321 e. The number of thioether (sulfide) groups is 1. The SMILES string of the molecule is C=CCSc1ccccc1NC(=O)c1cc(C)cc(Br)c1. The summed E-state index contributed by atoms with van der Waals surface area (Å²) in [5.41, 5.74) is 2.52. The number of benzene rings is 2. The zero-order valence-corrected chi connectivity index (χ0v) is 14.1. The van der Waals surface area contributed by atoms with Crippen molar-refractivity contribution in [3.05, 3.63) is 70.7 Å². The number of aryl methyl sites for hydroxylation is 1. The Bertz CT molecular complexity index is 649. The maximum atomic E-state index is 12.4. The van der Waals surface area contributed by atoms with E-state index in [4.69, 9.17) is 0 Å². The Labute approximate surface area is 137 Å². The van der Waals surface area contributed by atoms with Gasteiger partial charge in [-0.2, -0.15) is 0 Å². The molecule has 0 saturated carbocycles. The zero-order chi connectivity index (χ0) is 15.2. The number of para-hydroxylation sites is 1. The first-order valence-corrected chi connectivity index (χ1v) is 8.29. The lowest BCUT2D eigenvalue weighted by Crippen LogP contribution is -2.12. The van der Waals surface area contributed by atoms with Gasteiger partial charge in [-0.15, -0.1) is 18.3 Å². The number of amides is 1. The van der Waals surface area contributed by atoms with Crippen molar-refractivity contribution in [2.45, 2.75) is 11.8 Å². The van der Waals surface area contributed by atoms with E-state index in [0.717, 1.165) is 26.4 Å². The molecular weight excluding hydrogens is 346 g/mol. The molecule has 0 spiro atoms. The minimum absolute atomic E-state index is 0.106. The molecule has 0 heterocycles. The highest BCUT2D eigenvalue weighted by molar-refractivity contribution is 9.10. The van der Waals surface area contributed by atoms with Crippen molar-refractivity contribution in [3.8, 4) is 0 Å². The highest BCUT2D eigenvalue weighted by Crippen LogP contribution is 2.27. The molecular formula is C17H16BrNOS. The van der Waals surface area contributed by atoms with Gasteiger partial charge in [0.2, 0.25) is 0 Å². The number of rotatable bonds is 5. The van der Waals surface area contributed by atoms with Crippen LogP contribution in [0, 0.1) is 6.92 Å². The Morgan fingerprint density at radius 2 is 2.10 bits per heavy atom. The fourth-order valence-corrected chi connectivity index (χ4v) is 3.26. The van der Waals surface area contributed by atoms with Gasteiger partial charge in [0, 0.05) is 20.7 Å². The summed E-state index contributed by atoms with van der Waals surface area (Å²) in [5.74, 6) is 0.703. The molecule has 1 N–H and O–H groups in total. The molecule has 0 aromatic heterocycles. The van der Waals surface area contributed by atoms with E-state index in [1.54, 1.807) is 11.8 Å². The van der Waals surface area contributed by atoms with Gasteiger partial charge in [-0.25, -0.2) is 0 Å². The summed E-state index contributed by atoms with van der Waals surface area (Å²) in [6.07, 6.45) is 1.85. The molecule has 0 aliphatic carbocycles. The van der Waals surface area contributed by atoms with Crippen LogP contribution >= 0.6 is 27.7 Å². The number of hydrogen-bond donors (Lipinski definition) is 1. The van der Waals surface area contributed by atoms with Crippen LogP contribution < -0.4 is 5.32 Å². The Balaban J connectivity index is 2.21. The molecule has 4 heteroatoms. The van der Waals surface area contributed by atoms with Crippen LogP contribution in [0.4, 0.5) is 5.69 Å². The quantitative estimate of drug-likeness (QED) is 0.579. The van der Waals surface area contributed by atoms with Crippen molar-refractivity contribution in [3.63, 3.8) is 0 Å². The van der Waals surface area contributed by atoms with Crippen molar-refractivity contribution in [2.75, 3.05) is 11.1 Å². The zero-order valence-electron chi connectivity index (χ0n) is 11.7. The maximum absolute atomic E-state index is 12.4. The minimum Gasteiger partial charge on any atom is -0.321 e. The molecule has 108 valence electrons. The third-order valence-corrected chi connectivity index (χ3v) is 4.32. The average Bonchev–Trinajstić information content (AvgIpc) is 2.45. The normalized spacial score (nSPS) is 10.2. The molecule has 2 nitrogen and oxygen atoms in total. The molecule has 0 saturated heterocycles. The maximum Gasteiger partial charge on any atom is 0.255 e. The van der Waals surface area contributed by atoms with E-state index >= 15 is 0 Å². The summed E-state index contributed by atoms with van der Waals surface area (Å²) < 4.78 is 0.905. The van der Waals surface area contributed by atoms with E-state index in [2.05, 4.69) is 27.8 Å². The van der Waals surface area contributed by atoms with Crippen LogP contribution in [0.15, 0.2) is 64.5 Å². The molecule has 0 bridgehead atoms. The molecule has 1 amide bonds. The van der Waals surface area contributed by atoms with Gasteiger partial charge in [0.25, 0.3) is 5.91 Å². The van der Waals surface area contributed by atoms with Crippen LogP contribution in [0.5, 0.6) is 0 Å². The van der Waals surface area contributed by atoms with E-state index in [0.29, 0.717) is 5.56 Å². The summed E-state index contributed by atoms with van der Waals surface area (Å²) in [7, 11) is 0. The third-order valence-electron chi connectivity index (χ3n) is 2.80. The first-order chi connectivity index (χ1) is 10.1. The summed E-state index contributed by atoms with van der Waals surface area (Å²) in [6, 6.07) is 13.5. The molecule has 2 rings (SSSR count).